The summed E-state index contributed by atoms with van der Waals surface area (Å²) in [4.78, 5) is 24.6. The van der Waals surface area contributed by atoms with Crippen molar-refractivity contribution >= 4 is 23.3 Å². The van der Waals surface area contributed by atoms with Gasteiger partial charge in [-0.1, -0.05) is 18.2 Å². The van der Waals surface area contributed by atoms with Gasteiger partial charge in [-0.2, -0.15) is 0 Å². The molecule has 3 amide bonds. The molecule has 0 radical (unpaired) electrons. The molecule has 0 bridgehead atoms. The Kier molecular flexibility index (Phi) is 7.43. The predicted molar refractivity (Wildman–Crippen MR) is 123 cm³/mol. The first-order chi connectivity index (χ1) is 16.1. The highest BCUT2D eigenvalue weighted by Crippen LogP contribution is 2.47. The van der Waals surface area contributed by atoms with Gasteiger partial charge in [-0.15, -0.1) is 0 Å². The average molecular weight is 456 g/mol. The number of methoxy groups -OCH3 is 1. The second-order valence-electron chi connectivity index (χ2n) is 8.15. The SMILES string of the molecule is COCCNC(=O)C[C@@H]1C[C@H]2c3cc(NC(=O)Nc4ccccc4)ccc3O[C@H]2[C@@H](CO)O1. The number of fused-ring (bicyclic) bond motifs is 3. The fraction of sp³-hybridized carbons (Fsp3) is 0.417. The Hall–Kier alpha value is -3.14. The zero-order valence-corrected chi connectivity index (χ0v) is 18.5. The van der Waals surface area contributed by atoms with E-state index in [2.05, 4.69) is 16.0 Å². The van der Waals surface area contributed by atoms with Gasteiger partial charge in [-0.25, -0.2) is 4.79 Å². The van der Waals surface area contributed by atoms with Crippen LogP contribution < -0.4 is 20.7 Å². The number of benzene rings is 2. The number of nitrogens with one attached hydrogen (secondary N) is 3. The van der Waals surface area contributed by atoms with Gasteiger partial charge in [0.25, 0.3) is 0 Å². The van der Waals surface area contributed by atoms with Crippen LogP contribution in [0.15, 0.2) is 48.5 Å². The van der Waals surface area contributed by atoms with Crippen LogP contribution in [0.3, 0.4) is 0 Å². The van der Waals surface area contributed by atoms with Crippen molar-refractivity contribution in [3.05, 3.63) is 54.1 Å². The number of ether oxygens (including phenoxy) is 3. The number of aliphatic hydroxyl groups excluding tert-OH is 1. The van der Waals surface area contributed by atoms with Crippen molar-refractivity contribution in [1.29, 1.82) is 0 Å². The van der Waals surface area contributed by atoms with Crippen molar-refractivity contribution in [1.82, 2.24) is 5.32 Å². The number of carbonyl (C=O) groups is 2. The quantitative estimate of drug-likeness (QED) is 0.454. The first kappa shape index (κ1) is 23.0. The molecule has 2 aliphatic rings. The number of urea groups is 1. The molecule has 9 nitrogen and oxygen atoms in total. The average Bonchev–Trinajstić information content (AvgIpc) is 3.17. The van der Waals surface area contributed by atoms with Crippen LogP contribution in [0.2, 0.25) is 0 Å². The predicted octanol–water partition coefficient (Wildman–Crippen LogP) is 2.48. The monoisotopic (exact) mass is 455 g/mol. The summed E-state index contributed by atoms with van der Waals surface area (Å²) in [6.07, 6.45) is -0.461. The molecule has 4 N–H and O–H groups in total. The zero-order valence-electron chi connectivity index (χ0n) is 18.5. The lowest BCUT2D eigenvalue weighted by molar-refractivity contribution is -0.142. The van der Waals surface area contributed by atoms with Gasteiger partial charge in [0.1, 0.15) is 18.0 Å². The molecule has 33 heavy (non-hydrogen) atoms. The smallest absolute Gasteiger partial charge is 0.323 e. The van der Waals surface area contributed by atoms with Gasteiger partial charge in [-0.05, 0) is 36.8 Å². The summed E-state index contributed by atoms with van der Waals surface area (Å²) >= 11 is 0. The van der Waals surface area contributed by atoms with E-state index in [1.165, 1.54) is 0 Å². The van der Waals surface area contributed by atoms with Gasteiger partial charge in [0.05, 0.1) is 25.7 Å². The Morgan fingerprint density at radius 1 is 1.12 bits per heavy atom. The van der Waals surface area contributed by atoms with Gasteiger partial charge < -0.3 is 35.3 Å². The van der Waals surface area contributed by atoms with Crippen LogP contribution in [0, 0.1) is 0 Å². The Morgan fingerprint density at radius 2 is 1.91 bits per heavy atom. The van der Waals surface area contributed by atoms with E-state index in [-0.39, 0.29) is 43.1 Å². The summed E-state index contributed by atoms with van der Waals surface area (Å²) < 4.78 is 17.0. The van der Waals surface area contributed by atoms with Crippen molar-refractivity contribution in [2.24, 2.45) is 0 Å². The van der Waals surface area contributed by atoms with Gasteiger partial charge in [0, 0.05) is 36.5 Å². The van der Waals surface area contributed by atoms with Crippen molar-refractivity contribution in [3.63, 3.8) is 0 Å². The number of rotatable bonds is 8. The standard InChI is InChI=1S/C24H29N3O6/c1-31-10-9-25-22(29)13-17-12-19-18-11-16(27-24(30)26-15-5-3-2-4-6-15)7-8-20(18)33-23(19)21(14-28)32-17/h2-8,11,17,19,21,23,28H,9-10,12-14H2,1H3,(H,25,29)(H2,26,27,30)/t17-,19-,21+,23+/m0/s1. The number of amides is 3. The van der Waals surface area contributed by atoms with Crippen LogP contribution in [-0.4, -0.2) is 62.2 Å². The van der Waals surface area contributed by atoms with E-state index in [1.807, 2.05) is 42.5 Å². The van der Waals surface area contributed by atoms with E-state index in [0.717, 1.165) is 5.56 Å². The van der Waals surface area contributed by atoms with Crippen LogP contribution in [0.4, 0.5) is 16.2 Å². The van der Waals surface area contributed by atoms with Crippen LogP contribution in [-0.2, 0) is 14.3 Å². The molecule has 0 aromatic heterocycles. The lowest BCUT2D eigenvalue weighted by Gasteiger charge is -2.37. The molecular formula is C24H29N3O6. The molecule has 9 heteroatoms. The summed E-state index contributed by atoms with van der Waals surface area (Å²) in [5, 5.41) is 18.3. The summed E-state index contributed by atoms with van der Waals surface area (Å²) in [5.41, 5.74) is 2.26. The molecule has 1 saturated heterocycles. The fourth-order valence-electron chi connectivity index (χ4n) is 4.35. The number of hydrogen-bond acceptors (Lipinski definition) is 6. The lowest BCUT2D eigenvalue weighted by Crippen LogP contribution is -2.47. The largest absolute Gasteiger partial charge is 0.487 e. The van der Waals surface area contributed by atoms with E-state index < -0.39 is 6.10 Å². The van der Waals surface area contributed by atoms with Gasteiger partial charge >= 0.3 is 6.03 Å². The molecule has 0 aliphatic carbocycles. The number of hydrogen-bond donors (Lipinski definition) is 4. The second kappa shape index (κ2) is 10.7. The number of anilines is 2. The van der Waals surface area contributed by atoms with Crippen molar-refractivity contribution in [2.75, 3.05) is 37.5 Å². The van der Waals surface area contributed by atoms with Crippen LogP contribution in [0.1, 0.15) is 24.3 Å². The number of aliphatic hydroxyl groups is 1. The van der Waals surface area contributed by atoms with Gasteiger partial charge in [0.2, 0.25) is 5.91 Å². The normalized spacial score (nSPS) is 23.1. The Balaban J connectivity index is 1.43. The number of carbonyl (C=O) groups excluding carboxylic acids is 2. The molecule has 0 spiro atoms. The molecule has 0 saturated carbocycles. The summed E-state index contributed by atoms with van der Waals surface area (Å²) in [6, 6.07) is 14.3. The maximum absolute atomic E-state index is 12.4. The van der Waals surface area contributed by atoms with E-state index in [1.54, 1.807) is 13.2 Å². The van der Waals surface area contributed by atoms with Crippen LogP contribution in [0.25, 0.3) is 0 Å². The number of para-hydroxylation sites is 1. The molecule has 2 aliphatic heterocycles. The molecule has 1 fully saturated rings. The van der Waals surface area contributed by atoms with E-state index in [0.29, 0.717) is 36.7 Å². The molecule has 2 aromatic carbocycles. The maximum atomic E-state index is 12.4. The Bertz CT molecular complexity index is 970. The van der Waals surface area contributed by atoms with Crippen LogP contribution >= 0.6 is 0 Å². The molecule has 2 aromatic rings. The second-order valence-corrected chi connectivity index (χ2v) is 8.15. The topological polar surface area (TPSA) is 118 Å². The van der Waals surface area contributed by atoms with Crippen molar-refractivity contribution in [2.45, 2.75) is 37.1 Å². The van der Waals surface area contributed by atoms with E-state index >= 15 is 0 Å². The van der Waals surface area contributed by atoms with E-state index in [9.17, 15) is 14.7 Å². The highest BCUT2D eigenvalue weighted by molar-refractivity contribution is 5.99. The third kappa shape index (κ3) is 5.62. The maximum Gasteiger partial charge on any atom is 0.323 e. The molecule has 176 valence electrons. The van der Waals surface area contributed by atoms with Gasteiger partial charge in [-0.3, -0.25) is 4.79 Å². The molecular weight excluding hydrogens is 426 g/mol. The van der Waals surface area contributed by atoms with Crippen molar-refractivity contribution < 1.29 is 28.9 Å². The minimum absolute atomic E-state index is 0.0541. The molecule has 4 rings (SSSR count). The van der Waals surface area contributed by atoms with Gasteiger partial charge in [0.15, 0.2) is 0 Å². The molecule has 2 heterocycles. The molecule has 0 unspecified atom stereocenters. The van der Waals surface area contributed by atoms with E-state index in [4.69, 9.17) is 14.2 Å². The summed E-state index contributed by atoms with van der Waals surface area (Å²) in [7, 11) is 1.58. The highest BCUT2D eigenvalue weighted by atomic mass is 16.6. The third-order valence-corrected chi connectivity index (χ3v) is 5.83. The lowest BCUT2D eigenvalue weighted by atomic mass is 9.84. The Morgan fingerprint density at radius 3 is 2.67 bits per heavy atom. The fourth-order valence-corrected chi connectivity index (χ4v) is 4.35. The summed E-state index contributed by atoms with van der Waals surface area (Å²) in [5.74, 6) is 0.521. The highest BCUT2D eigenvalue weighted by Gasteiger charge is 2.46. The minimum atomic E-state index is -0.536. The Labute approximate surface area is 192 Å². The molecule has 4 atom stereocenters. The third-order valence-electron chi connectivity index (χ3n) is 5.83. The first-order valence-corrected chi connectivity index (χ1v) is 11.0. The first-order valence-electron chi connectivity index (χ1n) is 11.0. The van der Waals surface area contributed by atoms with Crippen LogP contribution in [0.5, 0.6) is 5.75 Å². The zero-order chi connectivity index (χ0) is 23.2. The minimum Gasteiger partial charge on any atom is -0.487 e. The van der Waals surface area contributed by atoms with Crippen molar-refractivity contribution in [3.8, 4) is 5.75 Å². The summed E-state index contributed by atoms with van der Waals surface area (Å²) in [6.45, 7) is 0.668.